The van der Waals surface area contributed by atoms with Gasteiger partial charge >= 0.3 is 0 Å². The molecule has 0 aliphatic carbocycles. The largest absolute Gasteiger partial charge is 0.385 e. The smallest absolute Gasteiger partial charge is 0.225 e. The Hall–Kier alpha value is -1.15. The Morgan fingerprint density at radius 2 is 2.09 bits per heavy atom. The van der Waals surface area contributed by atoms with Gasteiger partial charge in [0.25, 0.3) is 0 Å². The van der Waals surface area contributed by atoms with Crippen molar-refractivity contribution < 1.29 is 17.9 Å². The average Bonchev–Trinajstić information content (AvgIpc) is 2.41. The Bertz CT molecular complexity index is 592. The molecule has 1 amide bonds. The normalized spacial score (nSPS) is 11.6. The topological polar surface area (TPSA) is 75.7 Å². The van der Waals surface area contributed by atoms with Crippen molar-refractivity contribution in [2.75, 3.05) is 38.4 Å². The molecule has 0 radical (unpaired) electrons. The van der Waals surface area contributed by atoms with Crippen molar-refractivity contribution in [1.29, 1.82) is 0 Å². The first-order valence-electron chi connectivity index (χ1n) is 6.82. The van der Waals surface area contributed by atoms with Crippen molar-refractivity contribution in [3.63, 3.8) is 0 Å². The monoisotopic (exact) mass is 348 g/mol. The van der Waals surface area contributed by atoms with Crippen molar-refractivity contribution in [2.45, 2.75) is 12.8 Å². The van der Waals surface area contributed by atoms with E-state index in [1.165, 1.54) is 4.31 Å². The third kappa shape index (κ3) is 7.22. The van der Waals surface area contributed by atoms with Crippen LogP contribution in [0.5, 0.6) is 0 Å². The zero-order chi connectivity index (χ0) is 16.6. The van der Waals surface area contributed by atoms with E-state index in [-0.39, 0.29) is 18.9 Å². The predicted molar refractivity (Wildman–Crippen MR) is 87.6 cm³/mol. The van der Waals surface area contributed by atoms with Crippen LogP contribution in [0.25, 0.3) is 0 Å². The number of ether oxygens (including phenoxy) is 1. The summed E-state index contributed by atoms with van der Waals surface area (Å²) in [5, 5.41) is 3.21. The van der Waals surface area contributed by atoms with Crippen LogP contribution in [0.1, 0.15) is 12.8 Å². The Kier molecular flexibility index (Phi) is 7.81. The number of halogens is 1. The van der Waals surface area contributed by atoms with E-state index in [0.29, 0.717) is 30.3 Å². The van der Waals surface area contributed by atoms with Crippen molar-refractivity contribution >= 4 is 33.2 Å². The van der Waals surface area contributed by atoms with Gasteiger partial charge < -0.3 is 10.1 Å². The van der Waals surface area contributed by atoms with E-state index in [9.17, 15) is 13.2 Å². The maximum absolute atomic E-state index is 11.9. The Balaban J connectivity index is 2.51. The number of hydrogen-bond donors (Lipinski definition) is 1. The first-order chi connectivity index (χ1) is 10.3. The fourth-order valence-corrected chi connectivity index (χ4v) is 2.92. The van der Waals surface area contributed by atoms with Gasteiger partial charge in [-0.25, -0.2) is 12.7 Å². The van der Waals surface area contributed by atoms with Crippen molar-refractivity contribution in [1.82, 2.24) is 4.31 Å². The lowest BCUT2D eigenvalue weighted by molar-refractivity contribution is -0.116. The highest BCUT2D eigenvalue weighted by molar-refractivity contribution is 7.88. The van der Waals surface area contributed by atoms with Gasteiger partial charge in [-0.05, 0) is 24.6 Å². The number of nitrogens with zero attached hydrogens (tertiary/aromatic N) is 1. The van der Waals surface area contributed by atoms with Crippen LogP contribution in [0, 0.1) is 0 Å². The summed E-state index contributed by atoms with van der Waals surface area (Å²) in [5.74, 6) is -0.261. The van der Waals surface area contributed by atoms with Crippen molar-refractivity contribution in [2.24, 2.45) is 0 Å². The second kappa shape index (κ2) is 9.09. The summed E-state index contributed by atoms with van der Waals surface area (Å²) in [4.78, 5) is 11.9. The van der Waals surface area contributed by atoms with E-state index >= 15 is 0 Å². The molecule has 0 heterocycles. The molecular formula is C14H21ClN2O4S. The van der Waals surface area contributed by atoms with Gasteiger partial charge in [-0.3, -0.25) is 4.79 Å². The summed E-state index contributed by atoms with van der Waals surface area (Å²) in [5.41, 5.74) is 0.586. The first-order valence-corrected chi connectivity index (χ1v) is 9.05. The second-order valence-electron chi connectivity index (χ2n) is 4.82. The van der Waals surface area contributed by atoms with Gasteiger partial charge in [-0.15, -0.1) is 0 Å². The molecule has 22 heavy (non-hydrogen) atoms. The number of benzene rings is 1. The minimum absolute atomic E-state index is 0.0760. The van der Waals surface area contributed by atoms with Gasteiger partial charge in [0.2, 0.25) is 15.9 Å². The molecule has 0 aliphatic heterocycles. The molecule has 8 heteroatoms. The molecule has 124 valence electrons. The zero-order valence-electron chi connectivity index (χ0n) is 12.7. The average molecular weight is 349 g/mol. The second-order valence-corrected chi connectivity index (χ2v) is 7.24. The van der Waals surface area contributed by atoms with Crippen LogP contribution in [0.4, 0.5) is 5.69 Å². The van der Waals surface area contributed by atoms with E-state index in [2.05, 4.69) is 5.32 Å². The molecular weight excluding hydrogens is 328 g/mol. The highest BCUT2D eigenvalue weighted by atomic mass is 35.5. The fourth-order valence-electron chi connectivity index (χ4n) is 1.84. The van der Waals surface area contributed by atoms with Crippen molar-refractivity contribution in [3.8, 4) is 0 Å². The molecule has 0 spiro atoms. The lowest BCUT2D eigenvalue weighted by Crippen LogP contribution is -2.34. The number of methoxy groups -OCH3 is 1. The summed E-state index contributed by atoms with van der Waals surface area (Å²) >= 11 is 5.84. The van der Waals surface area contributed by atoms with Crippen LogP contribution in [0.3, 0.4) is 0 Å². The SMILES string of the molecule is COCCCN(CCC(=O)Nc1cccc(Cl)c1)S(C)(=O)=O. The number of hydrogen-bond acceptors (Lipinski definition) is 4. The van der Waals surface area contributed by atoms with E-state index < -0.39 is 10.0 Å². The number of sulfonamides is 1. The first kappa shape index (κ1) is 18.9. The number of amides is 1. The molecule has 0 unspecified atom stereocenters. The van der Waals surface area contributed by atoms with Gasteiger partial charge in [0, 0.05) is 43.9 Å². The highest BCUT2D eigenvalue weighted by Crippen LogP contribution is 2.15. The summed E-state index contributed by atoms with van der Waals surface area (Å²) in [6.45, 7) is 0.937. The Labute approximate surface area is 136 Å². The number of anilines is 1. The summed E-state index contributed by atoms with van der Waals surface area (Å²) in [6, 6.07) is 6.78. The molecule has 0 saturated heterocycles. The molecule has 0 fully saturated rings. The van der Waals surface area contributed by atoms with Crippen LogP contribution < -0.4 is 5.32 Å². The van der Waals surface area contributed by atoms with E-state index in [1.807, 2.05) is 0 Å². The standard InChI is InChI=1S/C14H21ClN2O4S/c1-21-10-4-8-17(22(2,19)20)9-7-14(18)16-13-6-3-5-12(15)11-13/h3,5-6,11H,4,7-10H2,1-2H3,(H,16,18). The summed E-state index contributed by atoms with van der Waals surface area (Å²) < 4.78 is 29.5. The van der Waals surface area contributed by atoms with Crippen LogP contribution in [0.15, 0.2) is 24.3 Å². The lowest BCUT2D eigenvalue weighted by Gasteiger charge is -2.19. The molecule has 0 bridgehead atoms. The molecule has 1 N–H and O–H groups in total. The maximum Gasteiger partial charge on any atom is 0.225 e. The highest BCUT2D eigenvalue weighted by Gasteiger charge is 2.17. The summed E-state index contributed by atoms with van der Waals surface area (Å²) in [6.07, 6.45) is 1.79. The number of nitrogens with one attached hydrogen (secondary N) is 1. The van der Waals surface area contributed by atoms with E-state index in [0.717, 1.165) is 6.26 Å². The van der Waals surface area contributed by atoms with Crippen LogP contribution in [0.2, 0.25) is 5.02 Å². The quantitative estimate of drug-likeness (QED) is 0.692. The minimum Gasteiger partial charge on any atom is -0.385 e. The molecule has 1 rings (SSSR count). The van der Waals surface area contributed by atoms with Gasteiger partial charge in [-0.1, -0.05) is 17.7 Å². The lowest BCUT2D eigenvalue weighted by atomic mass is 10.3. The molecule has 0 atom stereocenters. The molecule has 1 aromatic carbocycles. The zero-order valence-corrected chi connectivity index (χ0v) is 14.3. The molecule has 0 aromatic heterocycles. The van der Waals surface area contributed by atoms with Gasteiger partial charge in [0.1, 0.15) is 0 Å². The predicted octanol–water partition coefficient (Wildman–Crippen LogP) is 1.97. The third-order valence-electron chi connectivity index (χ3n) is 2.92. The fraction of sp³-hybridized carbons (Fsp3) is 0.500. The Morgan fingerprint density at radius 3 is 2.68 bits per heavy atom. The third-order valence-corrected chi connectivity index (χ3v) is 4.46. The van der Waals surface area contributed by atoms with Crippen LogP contribution >= 0.6 is 11.6 Å². The minimum atomic E-state index is -3.34. The van der Waals surface area contributed by atoms with Gasteiger partial charge in [0.15, 0.2) is 0 Å². The maximum atomic E-state index is 11.9. The van der Waals surface area contributed by atoms with E-state index in [1.54, 1.807) is 31.4 Å². The molecule has 6 nitrogen and oxygen atoms in total. The van der Waals surface area contributed by atoms with Crippen LogP contribution in [-0.4, -0.2) is 51.7 Å². The number of carbonyl (C=O) groups excluding carboxylic acids is 1. The number of carbonyl (C=O) groups is 1. The van der Waals surface area contributed by atoms with Crippen LogP contribution in [-0.2, 0) is 19.6 Å². The molecule has 0 saturated carbocycles. The number of rotatable bonds is 9. The van der Waals surface area contributed by atoms with Crippen molar-refractivity contribution in [3.05, 3.63) is 29.3 Å². The molecule has 1 aromatic rings. The van der Waals surface area contributed by atoms with E-state index in [4.69, 9.17) is 16.3 Å². The van der Waals surface area contributed by atoms with Gasteiger partial charge in [-0.2, -0.15) is 0 Å². The molecule has 0 aliphatic rings. The summed E-state index contributed by atoms with van der Waals surface area (Å²) in [7, 11) is -1.79. The van der Waals surface area contributed by atoms with Gasteiger partial charge in [0.05, 0.1) is 6.26 Å². The Morgan fingerprint density at radius 1 is 1.36 bits per heavy atom.